The second kappa shape index (κ2) is 10.8. The standard InChI is InChI=1S/2C12H9Cl.H2S/c2*13-12-9-5-4-8-11(12)10-6-2-1-3-7-10;/h2*1-9H;1H2. The second-order valence-corrected chi connectivity index (χ2v) is 6.51. The lowest BCUT2D eigenvalue weighted by molar-refractivity contribution is 1.62. The van der Waals surface area contributed by atoms with Gasteiger partial charge < -0.3 is 0 Å². The van der Waals surface area contributed by atoms with Crippen LogP contribution in [0.25, 0.3) is 22.3 Å². The zero-order valence-electron chi connectivity index (χ0n) is 14.6. The van der Waals surface area contributed by atoms with Gasteiger partial charge in [0.1, 0.15) is 0 Å². The average molecular weight is 411 g/mol. The summed E-state index contributed by atoms with van der Waals surface area (Å²) in [6, 6.07) is 36.0. The molecule has 0 saturated heterocycles. The molecule has 0 fully saturated rings. The van der Waals surface area contributed by atoms with Crippen LogP contribution in [0.3, 0.4) is 0 Å². The van der Waals surface area contributed by atoms with Crippen molar-refractivity contribution in [2.24, 2.45) is 0 Å². The van der Waals surface area contributed by atoms with Gasteiger partial charge in [0.15, 0.2) is 0 Å². The van der Waals surface area contributed by atoms with Crippen LogP contribution in [0.2, 0.25) is 10.0 Å². The van der Waals surface area contributed by atoms with Crippen molar-refractivity contribution in [1.82, 2.24) is 0 Å². The van der Waals surface area contributed by atoms with Crippen LogP contribution in [-0.2, 0) is 0 Å². The van der Waals surface area contributed by atoms with Crippen LogP contribution >= 0.6 is 36.7 Å². The molecule has 0 saturated carbocycles. The van der Waals surface area contributed by atoms with Crippen molar-refractivity contribution in [3.05, 3.63) is 119 Å². The molecule has 4 aromatic carbocycles. The van der Waals surface area contributed by atoms with Crippen molar-refractivity contribution in [2.75, 3.05) is 0 Å². The minimum absolute atomic E-state index is 0. The van der Waals surface area contributed by atoms with E-state index in [0.29, 0.717) is 0 Å². The summed E-state index contributed by atoms with van der Waals surface area (Å²) in [5, 5.41) is 1.60. The number of benzene rings is 4. The summed E-state index contributed by atoms with van der Waals surface area (Å²) in [5.41, 5.74) is 4.50. The van der Waals surface area contributed by atoms with Crippen LogP contribution in [0.4, 0.5) is 0 Å². The maximum atomic E-state index is 6.06. The molecule has 0 radical (unpaired) electrons. The topological polar surface area (TPSA) is 0 Å². The molecule has 0 unspecified atom stereocenters. The molecule has 0 nitrogen and oxygen atoms in total. The van der Waals surface area contributed by atoms with Crippen LogP contribution in [0, 0.1) is 0 Å². The molecule has 0 spiro atoms. The van der Waals surface area contributed by atoms with Gasteiger partial charge in [-0.3, -0.25) is 0 Å². The van der Waals surface area contributed by atoms with Gasteiger partial charge in [-0.15, -0.1) is 0 Å². The summed E-state index contributed by atoms with van der Waals surface area (Å²) in [4.78, 5) is 0. The predicted molar refractivity (Wildman–Crippen MR) is 124 cm³/mol. The third kappa shape index (κ3) is 5.90. The Kier molecular flexibility index (Phi) is 8.47. The average Bonchev–Trinajstić information content (AvgIpc) is 2.71. The highest BCUT2D eigenvalue weighted by Crippen LogP contribution is 2.27. The Bertz CT molecular complexity index is 873. The van der Waals surface area contributed by atoms with E-state index < -0.39 is 0 Å². The van der Waals surface area contributed by atoms with E-state index in [-0.39, 0.29) is 13.5 Å². The Hall–Kier alpha value is -2.19. The highest BCUT2D eigenvalue weighted by atomic mass is 35.5. The number of rotatable bonds is 2. The Balaban J connectivity index is 0.000000187. The monoisotopic (exact) mass is 410 g/mol. The van der Waals surface area contributed by atoms with E-state index in [0.717, 1.165) is 32.3 Å². The smallest absolute Gasteiger partial charge is 0.0484 e. The predicted octanol–water partition coefficient (Wildman–Crippen LogP) is 8.13. The molecule has 136 valence electrons. The summed E-state index contributed by atoms with van der Waals surface area (Å²) in [5.74, 6) is 0. The van der Waals surface area contributed by atoms with Crippen LogP contribution in [0.15, 0.2) is 109 Å². The zero-order valence-corrected chi connectivity index (χ0v) is 17.2. The minimum atomic E-state index is 0. The maximum Gasteiger partial charge on any atom is 0.0484 e. The Labute approximate surface area is 177 Å². The van der Waals surface area contributed by atoms with Gasteiger partial charge >= 0.3 is 0 Å². The highest BCUT2D eigenvalue weighted by Gasteiger charge is 2.00. The van der Waals surface area contributed by atoms with Crippen LogP contribution in [-0.4, -0.2) is 0 Å². The molecule has 0 bridgehead atoms. The van der Waals surface area contributed by atoms with Gasteiger partial charge in [-0.05, 0) is 23.3 Å². The second-order valence-electron chi connectivity index (χ2n) is 5.69. The van der Waals surface area contributed by atoms with Gasteiger partial charge in [0.2, 0.25) is 0 Å². The van der Waals surface area contributed by atoms with Gasteiger partial charge in [0.25, 0.3) is 0 Å². The quantitative estimate of drug-likeness (QED) is 0.312. The van der Waals surface area contributed by atoms with Gasteiger partial charge in [0, 0.05) is 21.2 Å². The van der Waals surface area contributed by atoms with E-state index in [1.165, 1.54) is 0 Å². The highest BCUT2D eigenvalue weighted by molar-refractivity contribution is 7.59. The fourth-order valence-corrected chi connectivity index (χ4v) is 3.12. The SMILES string of the molecule is Clc1ccccc1-c1ccccc1.Clc1ccccc1-c1ccccc1.S. The van der Waals surface area contributed by atoms with Crippen LogP contribution < -0.4 is 0 Å². The van der Waals surface area contributed by atoms with Crippen molar-refractivity contribution in [2.45, 2.75) is 0 Å². The Morgan fingerprint density at radius 3 is 1.00 bits per heavy atom. The number of hydrogen-bond acceptors (Lipinski definition) is 0. The lowest BCUT2D eigenvalue weighted by Crippen LogP contribution is -1.77. The summed E-state index contributed by atoms with van der Waals surface area (Å²) < 4.78 is 0. The van der Waals surface area contributed by atoms with Crippen LogP contribution in [0.5, 0.6) is 0 Å². The van der Waals surface area contributed by atoms with E-state index in [1.807, 2.05) is 84.9 Å². The first-order valence-corrected chi connectivity index (χ1v) is 9.11. The van der Waals surface area contributed by atoms with Crippen molar-refractivity contribution in [3.63, 3.8) is 0 Å². The first-order valence-electron chi connectivity index (χ1n) is 8.35. The molecule has 0 aliphatic heterocycles. The molecular formula is C24H20Cl2S. The lowest BCUT2D eigenvalue weighted by Gasteiger charge is -2.02. The van der Waals surface area contributed by atoms with Crippen LogP contribution in [0.1, 0.15) is 0 Å². The molecule has 0 heterocycles. The first kappa shape index (κ1) is 21.1. The van der Waals surface area contributed by atoms with E-state index in [2.05, 4.69) is 24.3 Å². The third-order valence-electron chi connectivity index (χ3n) is 3.92. The van der Waals surface area contributed by atoms with Crippen molar-refractivity contribution >= 4 is 36.7 Å². The van der Waals surface area contributed by atoms with E-state index in [4.69, 9.17) is 23.2 Å². The summed E-state index contributed by atoms with van der Waals surface area (Å²) in [6.45, 7) is 0. The molecule has 0 aliphatic carbocycles. The number of hydrogen-bond donors (Lipinski definition) is 0. The first-order chi connectivity index (χ1) is 12.8. The summed E-state index contributed by atoms with van der Waals surface area (Å²) in [6.07, 6.45) is 0. The largest absolute Gasteiger partial charge is 0.197 e. The summed E-state index contributed by atoms with van der Waals surface area (Å²) >= 11 is 12.1. The molecule has 0 aliphatic rings. The zero-order chi connectivity index (χ0) is 18.2. The maximum absolute atomic E-state index is 6.06. The molecule has 4 aromatic rings. The molecular weight excluding hydrogens is 391 g/mol. The Morgan fingerprint density at radius 2 is 0.667 bits per heavy atom. The minimum Gasteiger partial charge on any atom is -0.197 e. The van der Waals surface area contributed by atoms with Gasteiger partial charge in [-0.25, -0.2) is 0 Å². The van der Waals surface area contributed by atoms with Crippen molar-refractivity contribution in [3.8, 4) is 22.3 Å². The van der Waals surface area contributed by atoms with E-state index >= 15 is 0 Å². The third-order valence-corrected chi connectivity index (χ3v) is 4.58. The molecule has 3 heteroatoms. The van der Waals surface area contributed by atoms with E-state index in [1.54, 1.807) is 0 Å². The molecule has 4 rings (SSSR count). The lowest BCUT2D eigenvalue weighted by atomic mass is 10.1. The molecule has 0 N–H and O–H groups in total. The number of halogens is 2. The van der Waals surface area contributed by atoms with Crippen molar-refractivity contribution in [1.29, 1.82) is 0 Å². The summed E-state index contributed by atoms with van der Waals surface area (Å²) in [7, 11) is 0. The van der Waals surface area contributed by atoms with E-state index in [9.17, 15) is 0 Å². The molecule has 0 amide bonds. The molecule has 0 atom stereocenters. The molecule has 0 aromatic heterocycles. The fraction of sp³-hybridized carbons (Fsp3) is 0. The molecule has 27 heavy (non-hydrogen) atoms. The van der Waals surface area contributed by atoms with Crippen molar-refractivity contribution < 1.29 is 0 Å². The normalized spacial score (nSPS) is 9.56. The fourth-order valence-electron chi connectivity index (χ4n) is 2.63. The Morgan fingerprint density at radius 1 is 0.370 bits per heavy atom. The van der Waals surface area contributed by atoms with Gasteiger partial charge in [-0.1, -0.05) is 120 Å². The van der Waals surface area contributed by atoms with Gasteiger partial charge in [-0.2, -0.15) is 13.5 Å². The van der Waals surface area contributed by atoms with Gasteiger partial charge in [0.05, 0.1) is 0 Å².